The highest BCUT2D eigenvalue weighted by atomic mass is 32.2. The lowest BCUT2D eigenvalue weighted by Gasteiger charge is -2.22. The Hall–Kier alpha value is -1.28. The second kappa shape index (κ2) is 5.38. The Bertz CT molecular complexity index is 497. The molecule has 1 aromatic heterocycles. The molecule has 1 aromatic rings. The van der Waals surface area contributed by atoms with E-state index < -0.39 is 0 Å². The lowest BCUT2D eigenvalue weighted by Crippen LogP contribution is -2.22. The van der Waals surface area contributed by atoms with Crippen molar-refractivity contribution in [2.75, 3.05) is 24.2 Å². The number of thioether (sulfide) groups is 1. The van der Waals surface area contributed by atoms with Crippen molar-refractivity contribution in [3.05, 3.63) is 11.8 Å². The van der Waals surface area contributed by atoms with Crippen molar-refractivity contribution in [1.29, 1.82) is 5.26 Å². The van der Waals surface area contributed by atoms with Gasteiger partial charge in [0, 0.05) is 13.1 Å². The minimum absolute atomic E-state index is 0.608. The third-order valence-electron chi connectivity index (χ3n) is 4.33. The number of aromatic nitrogens is 2. The SMILES string of the molecule is CSc1ncc(C#N)c(N2CC3CCCCC3C2)n1. The van der Waals surface area contributed by atoms with Crippen LogP contribution in [0.2, 0.25) is 0 Å². The van der Waals surface area contributed by atoms with Crippen LogP contribution < -0.4 is 4.90 Å². The molecule has 1 aliphatic heterocycles. The monoisotopic (exact) mass is 274 g/mol. The smallest absolute Gasteiger partial charge is 0.189 e. The van der Waals surface area contributed by atoms with E-state index >= 15 is 0 Å². The highest BCUT2D eigenvalue weighted by Gasteiger charge is 2.35. The van der Waals surface area contributed by atoms with E-state index in [9.17, 15) is 5.26 Å². The molecule has 100 valence electrons. The van der Waals surface area contributed by atoms with Crippen LogP contribution in [0.3, 0.4) is 0 Å². The molecule has 2 unspecified atom stereocenters. The summed E-state index contributed by atoms with van der Waals surface area (Å²) >= 11 is 1.53. The summed E-state index contributed by atoms with van der Waals surface area (Å²) in [7, 11) is 0. The molecule has 1 saturated heterocycles. The molecule has 5 heteroatoms. The van der Waals surface area contributed by atoms with Crippen LogP contribution >= 0.6 is 11.8 Å². The lowest BCUT2D eigenvalue weighted by molar-refractivity contribution is 0.299. The third-order valence-corrected chi connectivity index (χ3v) is 4.89. The molecule has 4 nitrogen and oxygen atoms in total. The van der Waals surface area contributed by atoms with Gasteiger partial charge in [-0.15, -0.1) is 0 Å². The first kappa shape index (κ1) is 12.7. The van der Waals surface area contributed by atoms with Crippen LogP contribution in [-0.2, 0) is 0 Å². The largest absolute Gasteiger partial charge is 0.355 e. The molecule has 0 N–H and O–H groups in total. The Kier molecular flexibility index (Phi) is 3.61. The van der Waals surface area contributed by atoms with E-state index in [1.54, 1.807) is 6.20 Å². The number of nitriles is 1. The first-order chi connectivity index (χ1) is 9.31. The summed E-state index contributed by atoms with van der Waals surface area (Å²) in [5.74, 6) is 2.44. The van der Waals surface area contributed by atoms with Gasteiger partial charge in [-0.05, 0) is 30.9 Å². The summed E-state index contributed by atoms with van der Waals surface area (Å²) in [6.45, 7) is 2.12. The Morgan fingerprint density at radius 3 is 2.58 bits per heavy atom. The van der Waals surface area contributed by atoms with Crippen molar-refractivity contribution in [3.8, 4) is 6.07 Å². The molecule has 0 radical (unpaired) electrons. The number of anilines is 1. The van der Waals surface area contributed by atoms with Crippen molar-refractivity contribution in [1.82, 2.24) is 9.97 Å². The van der Waals surface area contributed by atoms with Gasteiger partial charge in [0.15, 0.2) is 11.0 Å². The maximum absolute atomic E-state index is 9.24. The molecular formula is C14H18N4S. The molecule has 2 heterocycles. The number of hydrogen-bond donors (Lipinski definition) is 0. The van der Waals surface area contributed by atoms with Gasteiger partial charge in [0.1, 0.15) is 11.6 Å². The van der Waals surface area contributed by atoms with Gasteiger partial charge in [0.25, 0.3) is 0 Å². The molecule has 1 saturated carbocycles. The zero-order valence-corrected chi connectivity index (χ0v) is 12.0. The van der Waals surface area contributed by atoms with Crippen LogP contribution in [0.25, 0.3) is 0 Å². The summed E-state index contributed by atoms with van der Waals surface area (Å²) in [6, 6.07) is 2.23. The zero-order valence-electron chi connectivity index (χ0n) is 11.2. The maximum Gasteiger partial charge on any atom is 0.189 e. The Morgan fingerprint density at radius 2 is 2.00 bits per heavy atom. The van der Waals surface area contributed by atoms with Crippen molar-refractivity contribution in [2.24, 2.45) is 11.8 Å². The molecule has 0 aromatic carbocycles. The average Bonchev–Trinajstić information content (AvgIpc) is 2.90. The summed E-state index contributed by atoms with van der Waals surface area (Å²) < 4.78 is 0. The molecule has 2 fully saturated rings. The molecule has 0 amide bonds. The van der Waals surface area contributed by atoms with Gasteiger partial charge in [-0.25, -0.2) is 9.97 Å². The molecule has 2 aliphatic rings. The minimum atomic E-state index is 0.608. The first-order valence-electron chi connectivity index (χ1n) is 6.88. The van der Waals surface area contributed by atoms with E-state index in [2.05, 4.69) is 20.9 Å². The molecule has 0 bridgehead atoms. The second-order valence-corrected chi connectivity index (χ2v) is 6.19. The average molecular weight is 274 g/mol. The summed E-state index contributed by atoms with van der Waals surface area (Å²) in [6.07, 6.45) is 9.03. The van der Waals surface area contributed by atoms with Crippen LogP contribution in [-0.4, -0.2) is 29.3 Å². The van der Waals surface area contributed by atoms with E-state index in [1.807, 2.05) is 6.26 Å². The molecule has 0 spiro atoms. The molecule has 19 heavy (non-hydrogen) atoms. The fraction of sp³-hybridized carbons (Fsp3) is 0.643. The minimum Gasteiger partial charge on any atom is -0.355 e. The van der Waals surface area contributed by atoms with E-state index in [0.717, 1.165) is 35.9 Å². The van der Waals surface area contributed by atoms with Crippen molar-refractivity contribution in [2.45, 2.75) is 30.8 Å². The standard InChI is InChI=1S/C14H18N4S/c1-19-14-16-7-12(6-15)13(17-14)18-8-10-4-2-3-5-11(10)9-18/h7,10-11H,2-5,8-9H2,1H3. The van der Waals surface area contributed by atoms with Crippen LogP contribution in [0.5, 0.6) is 0 Å². The predicted molar refractivity (Wildman–Crippen MR) is 76.2 cm³/mol. The fourth-order valence-electron chi connectivity index (χ4n) is 3.35. The number of nitrogens with zero attached hydrogens (tertiary/aromatic N) is 4. The normalized spacial score (nSPS) is 26.0. The lowest BCUT2D eigenvalue weighted by atomic mass is 9.82. The Balaban J connectivity index is 1.88. The predicted octanol–water partition coefficient (Wildman–Crippen LogP) is 2.70. The van der Waals surface area contributed by atoms with Crippen LogP contribution in [0, 0.1) is 23.2 Å². The molecular weight excluding hydrogens is 256 g/mol. The van der Waals surface area contributed by atoms with E-state index in [0.29, 0.717) is 5.56 Å². The first-order valence-corrected chi connectivity index (χ1v) is 8.10. The summed E-state index contributed by atoms with van der Waals surface area (Å²) in [5, 5.41) is 9.99. The van der Waals surface area contributed by atoms with Gasteiger partial charge in [-0.2, -0.15) is 5.26 Å². The number of rotatable bonds is 2. The zero-order chi connectivity index (χ0) is 13.2. The molecule has 1 aliphatic carbocycles. The van der Waals surface area contributed by atoms with Crippen molar-refractivity contribution < 1.29 is 0 Å². The van der Waals surface area contributed by atoms with Crippen LogP contribution in [0.15, 0.2) is 11.4 Å². The molecule has 3 rings (SSSR count). The number of hydrogen-bond acceptors (Lipinski definition) is 5. The Labute approximate surface area is 118 Å². The van der Waals surface area contributed by atoms with Gasteiger partial charge < -0.3 is 4.90 Å². The van der Waals surface area contributed by atoms with Crippen molar-refractivity contribution >= 4 is 17.6 Å². The van der Waals surface area contributed by atoms with Crippen LogP contribution in [0.1, 0.15) is 31.2 Å². The summed E-state index contributed by atoms with van der Waals surface area (Å²) in [4.78, 5) is 11.1. The Morgan fingerprint density at radius 1 is 1.32 bits per heavy atom. The van der Waals surface area contributed by atoms with Gasteiger partial charge in [0.05, 0.1) is 6.20 Å². The van der Waals surface area contributed by atoms with E-state index in [1.165, 1.54) is 37.4 Å². The highest BCUT2D eigenvalue weighted by Crippen LogP contribution is 2.38. The third kappa shape index (κ3) is 2.42. The summed E-state index contributed by atoms with van der Waals surface area (Å²) in [5.41, 5.74) is 0.608. The van der Waals surface area contributed by atoms with Crippen LogP contribution in [0.4, 0.5) is 5.82 Å². The van der Waals surface area contributed by atoms with Gasteiger partial charge in [-0.1, -0.05) is 24.6 Å². The van der Waals surface area contributed by atoms with Gasteiger partial charge >= 0.3 is 0 Å². The fourth-order valence-corrected chi connectivity index (χ4v) is 3.69. The quantitative estimate of drug-likeness (QED) is 0.613. The maximum atomic E-state index is 9.24. The van der Waals surface area contributed by atoms with E-state index in [4.69, 9.17) is 0 Å². The van der Waals surface area contributed by atoms with Gasteiger partial charge in [-0.3, -0.25) is 0 Å². The van der Waals surface area contributed by atoms with Gasteiger partial charge in [0.2, 0.25) is 0 Å². The molecule has 2 atom stereocenters. The topological polar surface area (TPSA) is 52.8 Å². The highest BCUT2D eigenvalue weighted by molar-refractivity contribution is 7.98. The second-order valence-electron chi connectivity index (χ2n) is 5.42. The van der Waals surface area contributed by atoms with E-state index in [-0.39, 0.29) is 0 Å². The van der Waals surface area contributed by atoms with Crippen molar-refractivity contribution in [3.63, 3.8) is 0 Å². The number of fused-ring (bicyclic) bond motifs is 1.